The molecule has 0 aliphatic rings. The molecule has 0 fully saturated rings. The monoisotopic (exact) mass is 292 g/mol. The van der Waals surface area contributed by atoms with E-state index < -0.39 is 0 Å². The molecule has 0 aliphatic heterocycles. The van der Waals surface area contributed by atoms with Gasteiger partial charge in [-0.3, -0.25) is 0 Å². The first-order chi connectivity index (χ1) is 9.63. The fraction of sp³-hybridized carbons (Fsp3) is 0.467. The van der Waals surface area contributed by atoms with Crippen molar-refractivity contribution in [1.82, 2.24) is 15.1 Å². The van der Waals surface area contributed by atoms with Crippen LogP contribution >= 0.6 is 11.6 Å². The summed E-state index contributed by atoms with van der Waals surface area (Å²) in [4.78, 5) is 4.46. The van der Waals surface area contributed by atoms with E-state index in [4.69, 9.17) is 11.6 Å². The first-order valence-electron chi connectivity index (χ1n) is 6.94. The van der Waals surface area contributed by atoms with Gasteiger partial charge in [0.15, 0.2) is 11.0 Å². The van der Waals surface area contributed by atoms with Crippen molar-refractivity contribution in [3.63, 3.8) is 0 Å². The van der Waals surface area contributed by atoms with Gasteiger partial charge in [0.05, 0.1) is 0 Å². The second-order valence-corrected chi connectivity index (χ2v) is 5.51. The molecule has 0 amide bonds. The van der Waals surface area contributed by atoms with Crippen LogP contribution in [0.1, 0.15) is 13.3 Å². The topological polar surface area (TPSA) is 32.3 Å². The Balaban J connectivity index is 2.40. The van der Waals surface area contributed by atoms with Crippen molar-refractivity contribution in [2.24, 2.45) is 0 Å². The van der Waals surface area contributed by atoms with Gasteiger partial charge in [0.2, 0.25) is 0 Å². The van der Waals surface area contributed by atoms with Gasteiger partial charge in [0, 0.05) is 30.4 Å². The molecule has 0 saturated heterocycles. The molecule has 0 radical (unpaired) electrons. The van der Waals surface area contributed by atoms with Crippen molar-refractivity contribution < 1.29 is 0 Å². The van der Waals surface area contributed by atoms with E-state index >= 15 is 0 Å². The number of aromatic nitrogens is 2. The summed E-state index contributed by atoms with van der Waals surface area (Å²) in [6.45, 7) is 5.06. The number of likely N-dealkylation sites (N-methyl/N-ethyl adjacent to an activating group) is 1. The number of fused-ring (bicyclic) bond motifs is 1. The van der Waals surface area contributed by atoms with Crippen LogP contribution in [0.2, 0.25) is 5.15 Å². The van der Waals surface area contributed by atoms with E-state index in [9.17, 15) is 0 Å². The zero-order valence-corrected chi connectivity index (χ0v) is 13.1. The van der Waals surface area contributed by atoms with E-state index in [1.54, 1.807) is 0 Å². The Kier molecular flexibility index (Phi) is 5.15. The zero-order chi connectivity index (χ0) is 14.5. The maximum Gasteiger partial charge on any atom is 0.159 e. The van der Waals surface area contributed by atoms with Gasteiger partial charge in [-0.05, 0) is 20.5 Å². The number of halogens is 1. The Labute approximate surface area is 125 Å². The predicted molar refractivity (Wildman–Crippen MR) is 85.6 cm³/mol. The van der Waals surface area contributed by atoms with Crippen molar-refractivity contribution >= 4 is 28.2 Å². The van der Waals surface area contributed by atoms with Crippen molar-refractivity contribution in [3.8, 4) is 0 Å². The third kappa shape index (κ3) is 3.38. The summed E-state index contributed by atoms with van der Waals surface area (Å²) in [5, 5.41) is 10.9. The lowest BCUT2D eigenvalue weighted by atomic mass is 10.2. The predicted octanol–water partition coefficient (Wildman–Crippen LogP) is 3.06. The summed E-state index contributed by atoms with van der Waals surface area (Å²) in [5.41, 5.74) is 0. The van der Waals surface area contributed by atoms with Gasteiger partial charge in [-0.1, -0.05) is 42.8 Å². The van der Waals surface area contributed by atoms with Crippen LogP contribution in [0.15, 0.2) is 24.3 Å². The maximum absolute atomic E-state index is 6.14. The Bertz CT molecular complexity index is 571. The largest absolute Gasteiger partial charge is 0.353 e. The van der Waals surface area contributed by atoms with E-state index in [1.807, 2.05) is 18.2 Å². The molecule has 1 heterocycles. The second kappa shape index (κ2) is 6.86. The van der Waals surface area contributed by atoms with Gasteiger partial charge in [-0.2, -0.15) is 0 Å². The number of hydrogen-bond acceptors (Lipinski definition) is 4. The second-order valence-electron chi connectivity index (χ2n) is 5.15. The molecule has 1 aromatic carbocycles. The van der Waals surface area contributed by atoms with Crippen LogP contribution in [0.4, 0.5) is 5.82 Å². The van der Waals surface area contributed by atoms with Gasteiger partial charge >= 0.3 is 0 Å². The minimum absolute atomic E-state index is 0.466. The molecule has 0 aliphatic carbocycles. The molecule has 108 valence electrons. The fourth-order valence-corrected chi connectivity index (χ4v) is 2.41. The molecule has 0 saturated carbocycles. The van der Waals surface area contributed by atoms with Crippen molar-refractivity contribution in [3.05, 3.63) is 29.4 Å². The standard InChI is InChI=1S/C15H21ClN4/c1-4-9-20(11-10-19(2)3)15-13-8-6-5-7-12(13)14(16)17-18-15/h5-8H,4,9-11H2,1-3H3. The lowest BCUT2D eigenvalue weighted by Crippen LogP contribution is -2.33. The molecule has 0 atom stereocenters. The van der Waals surface area contributed by atoms with Gasteiger partial charge in [0.25, 0.3) is 0 Å². The quantitative estimate of drug-likeness (QED) is 0.819. The summed E-state index contributed by atoms with van der Waals surface area (Å²) < 4.78 is 0. The molecular weight excluding hydrogens is 272 g/mol. The van der Waals surface area contributed by atoms with E-state index in [0.717, 1.165) is 42.6 Å². The van der Waals surface area contributed by atoms with E-state index in [2.05, 4.69) is 47.1 Å². The van der Waals surface area contributed by atoms with Crippen LogP contribution in [0.3, 0.4) is 0 Å². The molecule has 0 bridgehead atoms. The van der Waals surface area contributed by atoms with Gasteiger partial charge in [-0.25, -0.2) is 0 Å². The highest BCUT2D eigenvalue weighted by molar-refractivity contribution is 6.34. The summed E-state index contributed by atoms with van der Waals surface area (Å²) >= 11 is 6.14. The van der Waals surface area contributed by atoms with Crippen LogP contribution < -0.4 is 4.90 Å². The van der Waals surface area contributed by atoms with Gasteiger partial charge in [-0.15, -0.1) is 10.2 Å². The SMILES string of the molecule is CCCN(CCN(C)C)c1nnc(Cl)c2ccccc12. The molecule has 5 heteroatoms. The third-order valence-electron chi connectivity index (χ3n) is 3.23. The summed E-state index contributed by atoms with van der Waals surface area (Å²) in [6, 6.07) is 8.04. The Morgan fingerprint density at radius 2 is 1.70 bits per heavy atom. The number of rotatable bonds is 6. The van der Waals surface area contributed by atoms with Gasteiger partial charge < -0.3 is 9.80 Å². The molecule has 0 unspecified atom stereocenters. The Morgan fingerprint density at radius 3 is 2.35 bits per heavy atom. The lowest BCUT2D eigenvalue weighted by Gasteiger charge is -2.25. The summed E-state index contributed by atoms with van der Waals surface area (Å²) in [5.74, 6) is 0.925. The average Bonchev–Trinajstić information content (AvgIpc) is 2.44. The minimum atomic E-state index is 0.466. The van der Waals surface area contributed by atoms with Crippen molar-refractivity contribution in [1.29, 1.82) is 0 Å². The van der Waals surface area contributed by atoms with Gasteiger partial charge in [0.1, 0.15) is 0 Å². The van der Waals surface area contributed by atoms with Crippen LogP contribution in [-0.2, 0) is 0 Å². The lowest BCUT2D eigenvalue weighted by molar-refractivity contribution is 0.412. The highest BCUT2D eigenvalue weighted by Crippen LogP contribution is 2.28. The maximum atomic E-state index is 6.14. The molecule has 2 rings (SSSR count). The molecule has 1 aromatic heterocycles. The highest BCUT2D eigenvalue weighted by atomic mass is 35.5. The minimum Gasteiger partial charge on any atom is -0.353 e. The number of anilines is 1. The summed E-state index contributed by atoms with van der Waals surface area (Å²) in [7, 11) is 4.16. The van der Waals surface area contributed by atoms with Crippen LogP contribution in [0, 0.1) is 0 Å². The van der Waals surface area contributed by atoms with Crippen LogP contribution in [0.25, 0.3) is 10.8 Å². The molecular formula is C15H21ClN4. The molecule has 0 N–H and O–H groups in total. The van der Waals surface area contributed by atoms with E-state index in [0.29, 0.717) is 5.15 Å². The number of benzene rings is 1. The Morgan fingerprint density at radius 1 is 1.00 bits per heavy atom. The molecule has 2 aromatic rings. The smallest absolute Gasteiger partial charge is 0.159 e. The number of hydrogen-bond donors (Lipinski definition) is 0. The molecule has 0 spiro atoms. The van der Waals surface area contributed by atoms with Crippen LogP contribution in [-0.4, -0.2) is 48.8 Å². The fourth-order valence-electron chi connectivity index (χ4n) is 2.20. The number of nitrogens with zero attached hydrogens (tertiary/aromatic N) is 4. The normalized spacial score (nSPS) is 11.2. The molecule has 20 heavy (non-hydrogen) atoms. The van der Waals surface area contributed by atoms with Crippen molar-refractivity contribution in [2.75, 3.05) is 38.6 Å². The highest BCUT2D eigenvalue weighted by Gasteiger charge is 2.13. The third-order valence-corrected chi connectivity index (χ3v) is 3.51. The molecule has 4 nitrogen and oxygen atoms in total. The Hall–Kier alpha value is -1.39. The first kappa shape index (κ1) is 15.0. The zero-order valence-electron chi connectivity index (χ0n) is 12.3. The summed E-state index contributed by atoms with van der Waals surface area (Å²) in [6.07, 6.45) is 1.08. The van der Waals surface area contributed by atoms with E-state index in [-0.39, 0.29) is 0 Å². The van der Waals surface area contributed by atoms with Crippen molar-refractivity contribution in [2.45, 2.75) is 13.3 Å². The first-order valence-corrected chi connectivity index (χ1v) is 7.32. The average molecular weight is 293 g/mol. The van der Waals surface area contributed by atoms with E-state index in [1.165, 1.54) is 0 Å². The van der Waals surface area contributed by atoms with Crippen LogP contribution in [0.5, 0.6) is 0 Å².